The van der Waals surface area contributed by atoms with Gasteiger partial charge in [-0.25, -0.2) is 0 Å². The highest BCUT2D eigenvalue weighted by molar-refractivity contribution is 5.41. The van der Waals surface area contributed by atoms with Crippen molar-refractivity contribution in [1.82, 2.24) is 5.32 Å². The minimum absolute atomic E-state index is 0.238. The van der Waals surface area contributed by atoms with Crippen molar-refractivity contribution in [3.63, 3.8) is 0 Å². The Morgan fingerprint density at radius 2 is 1.75 bits per heavy atom. The summed E-state index contributed by atoms with van der Waals surface area (Å²) >= 11 is 0. The van der Waals surface area contributed by atoms with Crippen LogP contribution in [0.1, 0.15) is 30.5 Å². The minimum Gasteiger partial charge on any atom is -0.491 e. The molecule has 0 heterocycles. The number of likely N-dealkylation sites (N-methyl/N-ethyl adjacent to an activating group) is 1. The van der Waals surface area contributed by atoms with Crippen LogP contribution in [0, 0.1) is 13.8 Å². The van der Waals surface area contributed by atoms with Crippen molar-refractivity contribution < 1.29 is 4.74 Å². The van der Waals surface area contributed by atoms with E-state index in [-0.39, 0.29) is 6.10 Å². The van der Waals surface area contributed by atoms with Gasteiger partial charge in [-0.3, -0.25) is 0 Å². The molecule has 0 bridgehead atoms. The van der Waals surface area contributed by atoms with Crippen molar-refractivity contribution in [1.29, 1.82) is 0 Å². The fourth-order valence-electron chi connectivity index (χ4n) is 1.94. The molecule has 2 nitrogen and oxygen atoms in total. The molecule has 0 aromatic heterocycles. The maximum absolute atomic E-state index is 5.72. The van der Waals surface area contributed by atoms with E-state index < -0.39 is 0 Å². The standard InChI is InChI=1S/C14H23NO/c1-10(2)16-13-8-11(3)14(6-7-15-5)12(4)9-13/h8-10,15H,6-7H2,1-5H3. The lowest BCUT2D eigenvalue weighted by Crippen LogP contribution is -2.12. The number of rotatable bonds is 5. The lowest BCUT2D eigenvalue weighted by atomic mass is 9.99. The van der Waals surface area contributed by atoms with Crippen LogP contribution < -0.4 is 10.1 Å². The lowest BCUT2D eigenvalue weighted by Gasteiger charge is -2.15. The Bertz CT molecular complexity index is 322. The van der Waals surface area contributed by atoms with Crippen LogP contribution in [0.25, 0.3) is 0 Å². The van der Waals surface area contributed by atoms with Gasteiger partial charge >= 0.3 is 0 Å². The van der Waals surface area contributed by atoms with Crippen LogP contribution in [0.2, 0.25) is 0 Å². The summed E-state index contributed by atoms with van der Waals surface area (Å²) in [5.41, 5.74) is 4.09. The molecule has 1 rings (SSSR count). The van der Waals surface area contributed by atoms with Gasteiger partial charge in [0, 0.05) is 0 Å². The third-order valence-corrected chi connectivity index (χ3v) is 2.67. The van der Waals surface area contributed by atoms with E-state index in [2.05, 4.69) is 45.1 Å². The van der Waals surface area contributed by atoms with Crippen molar-refractivity contribution in [2.75, 3.05) is 13.6 Å². The molecule has 1 aromatic carbocycles. The summed E-state index contributed by atoms with van der Waals surface area (Å²) in [6, 6.07) is 4.27. The Balaban J connectivity index is 2.89. The monoisotopic (exact) mass is 221 g/mol. The predicted molar refractivity (Wildman–Crippen MR) is 69.3 cm³/mol. The van der Waals surface area contributed by atoms with Crippen LogP contribution in [0.15, 0.2) is 12.1 Å². The Morgan fingerprint density at radius 3 is 2.19 bits per heavy atom. The second-order valence-electron chi connectivity index (χ2n) is 4.56. The molecule has 0 saturated carbocycles. The van der Waals surface area contributed by atoms with E-state index in [0.717, 1.165) is 18.7 Å². The van der Waals surface area contributed by atoms with E-state index in [4.69, 9.17) is 4.74 Å². The Morgan fingerprint density at radius 1 is 1.19 bits per heavy atom. The molecule has 0 aliphatic rings. The number of ether oxygens (including phenoxy) is 1. The number of nitrogens with one attached hydrogen (secondary N) is 1. The van der Waals surface area contributed by atoms with Gasteiger partial charge in [0.05, 0.1) is 6.10 Å². The summed E-state index contributed by atoms with van der Waals surface area (Å²) < 4.78 is 5.72. The van der Waals surface area contributed by atoms with E-state index in [1.54, 1.807) is 0 Å². The van der Waals surface area contributed by atoms with Gasteiger partial charge in [0.25, 0.3) is 0 Å². The van der Waals surface area contributed by atoms with Crippen LogP contribution in [-0.4, -0.2) is 19.7 Å². The zero-order valence-electron chi connectivity index (χ0n) is 11.1. The summed E-state index contributed by atoms with van der Waals surface area (Å²) in [5.74, 6) is 0.984. The zero-order chi connectivity index (χ0) is 12.1. The molecule has 0 spiro atoms. The van der Waals surface area contributed by atoms with Gasteiger partial charge < -0.3 is 10.1 Å². The molecule has 1 N–H and O–H groups in total. The van der Waals surface area contributed by atoms with Crippen LogP contribution in [0.3, 0.4) is 0 Å². The predicted octanol–water partition coefficient (Wildman–Crippen LogP) is 2.85. The first-order valence-electron chi connectivity index (χ1n) is 5.96. The van der Waals surface area contributed by atoms with Crippen LogP contribution in [-0.2, 0) is 6.42 Å². The molecule has 0 amide bonds. The smallest absolute Gasteiger partial charge is 0.120 e. The van der Waals surface area contributed by atoms with Crippen molar-refractivity contribution in [2.45, 2.75) is 40.2 Å². The number of benzene rings is 1. The summed E-state index contributed by atoms with van der Waals surface area (Å²) in [7, 11) is 1.99. The van der Waals surface area contributed by atoms with E-state index in [1.165, 1.54) is 16.7 Å². The van der Waals surface area contributed by atoms with Crippen molar-refractivity contribution in [2.24, 2.45) is 0 Å². The highest BCUT2D eigenvalue weighted by Crippen LogP contribution is 2.23. The maximum Gasteiger partial charge on any atom is 0.120 e. The van der Waals surface area contributed by atoms with Gasteiger partial charge in [-0.05, 0) is 76.5 Å². The lowest BCUT2D eigenvalue weighted by molar-refractivity contribution is 0.242. The molecule has 0 aliphatic carbocycles. The minimum atomic E-state index is 0.238. The first kappa shape index (κ1) is 13.0. The van der Waals surface area contributed by atoms with Gasteiger partial charge in [-0.2, -0.15) is 0 Å². The SMILES string of the molecule is CNCCc1c(C)cc(OC(C)C)cc1C. The summed E-state index contributed by atoms with van der Waals surface area (Å²) in [5, 5.41) is 3.19. The van der Waals surface area contributed by atoms with E-state index in [9.17, 15) is 0 Å². The first-order chi connectivity index (χ1) is 7.54. The fraction of sp³-hybridized carbons (Fsp3) is 0.571. The summed E-state index contributed by atoms with van der Waals surface area (Å²) in [6.07, 6.45) is 1.32. The molecule has 16 heavy (non-hydrogen) atoms. The molecule has 1 aromatic rings. The molecule has 0 saturated heterocycles. The molecule has 0 fully saturated rings. The average molecular weight is 221 g/mol. The van der Waals surface area contributed by atoms with Crippen LogP contribution >= 0.6 is 0 Å². The highest BCUT2D eigenvalue weighted by atomic mass is 16.5. The first-order valence-corrected chi connectivity index (χ1v) is 5.96. The van der Waals surface area contributed by atoms with Crippen molar-refractivity contribution in [3.8, 4) is 5.75 Å². The van der Waals surface area contributed by atoms with Crippen LogP contribution in [0.5, 0.6) is 5.75 Å². The summed E-state index contributed by atoms with van der Waals surface area (Å²) in [4.78, 5) is 0. The van der Waals surface area contributed by atoms with Crippen molar-refractivity contribution in [3.05, 3.63) is 28.8 Å². The van der Waals surface area contributed by atoms with Gasteiger partial charge in [0.15, 0.2) is 0 Å². The van der Waals surface area contributed by atoms with E-state index >= 15 is 0 Å². The third-order valence-electron chi connectivity index (χ3n) is 2.67. The second-order valence-corrected chi connectivity index (χ2v) is 4.56. The Labute approximate surface area is 99.0 Å². The topological polar surface area (TPSA) is 21.3 Å². The quantitative estimate of drug-likeness (QED) is 0.825. The van der Waals surface area contributed by atoms with Gasteiger partial charge in [0.2, 0.25) is 0 Å². The molecule has 2 heteroatoms. The average Bonchev–Trinajstić information content (AvgIpc) is 2.15. The molecular weight excluding hydrogens is 198 g/mol. The largest absolute Gasteiger partial charge is 0.491 e. The van der Waals surface area contributed by atoms with Gasteiger partial charge in [-0.15, -0.1) is 0 Å². The molecule has 0 atom stereocenters. The molecule has 0 aliphatic heterocycles. The molecular formula is C14H23NO. The van der Waals surface area contributed by atoms with Crippen LogP contribution in [0.4, 0.5) is 0 Å². The maximum atomic E-state index is 5.72. The highest BCUT2D eigenvalue weighted by Gasteiger charge is 2.06. The van der Waals surface area contributed by atoms with Gasteiger partial charge in [-0.1, -0.05) is 0 Å². The van der Waals surface area contributed by atoms with E-state index in [1.807, 2.05) is 7.05 Å². The molecule has 0 unspecified atom stereocenters. The molecule has 0 radical (unpaired) electrons. The molecule has 90 valence electrons. The Hall–Kier alpha value is -1.02. The normalized spacial score (nSPS) is 10.9. The van der Waals surface area contributed by atoms with E-state index in [0.29, 0.717) is 0 Å². The summed E-state index contributed by atoms with van der Waals surface area (Å²) in [6.45, 7) is 9.45. The second kappa shape index (κ2) is 5.90. The third kappa shape index (κ3) is 3.53. The van der Waals surface area contributed by atoms with Gasteiger partial charge in [0.1, 0.15) is 5.75 Å². The fourth-order valence-corrected chi connectivity index (χ4v) is 1.94. The number of hydrogen-bond acceptors (Lipinski definition) is 2. The number of hydrogen-bond donors (Lipinski definition) is 1. The van der Waals surface area contributed by atoms with Crippen molar-refractivity contribution >= 4 is 0 Å². The zero-order valence-corrected chi connectivity index (χ0v) is 11.1. The number of aryl methyl sites for hydroxylation is 2. The Kier molecular flexibility index (Phi) is 4.81.